The molecule has 4 aromatic rings. The smallest absolute Gasteiger partial charge is 0.00240 e. The lowest BCUT2D eigenvalue weighted by Gasteiger charge is -2.23. The molecule has 4 aromatic carbocycles. The van der Waals surface area contributed by atoms with Crippen molar-refractivity contribution < 1.29 is 0 Å². The molecule has 0 nitrogen and oxygen atoms in total. The van der Waals surface area contributed by atoms with Crippen LogP contribution in [0.25, 0.3) is 32.3 Å². The molecule has 0 N–H and O–H groups in total. The molecule has 1 saturated carbocycles. The Kier molecular flexibility index (Phi) is 3.04. The fourth-order valence-corrected chi connectivity index (χ4v) is 4.68. The molecule has 0 bridgehead atoms. The molecule has 5 rings (SSSR count). The second kappa shape index (κ2) is 5.23. The van der Waals surface area contributed by atoms with Crippen LogP contribution in [-0.2, 0) is 6.42 Å². The van der Waals surface area contributed by atoms with Crippen LogP contribution < -0.4 is 0 Å². The largest absolute Gasteiger partial charge is 0.0610 e. The number of rotatable bonds is 2. The maximum atomic E-state index is 2.39. The average molecular weight is 298 g/mol. The van der Waals surface area contributed by atoms with Crippen molar-refractivity contribution in [3.8, 4) is 0 Å². The minimum absolute atomic E-state index is 0.891. The third-order valence-corrected chi connectivity index (χ3v) is 5.85. The normalized spacial score (nSPS) is 16.7. The van der Waals surface area contributed by atoms with Gasteiger partial charge in [0.1, 0.15) is 0 Å². The number of benzene rings is 4. The van der Waals surface area contributed by atoms with Crippen LogP contribution in [0.4, 0.5) is 0 Å². The van der Waals surface area contributed by atoms with E-state index in [1.807, 2.05) is 0 Å². The minimum atomic E-state index is 0.891. The fourth-order valence-electron chi connectivity index (χ4n) is 4.68. The maximum Gasteiger partial charge on any atom is -0.00240 e. The second-order valence-electron chi connectivity index (χ2n) is 7.29. The van der Waals surface area contributed by atoms with Gasteiger partial charge in [-0.2, -0.15) is 0 Å². The van der Waals surface area contributed by atoms with Gasteiger partial charge in [0.15, 0.2) is 0 Å². The summed E-state index contributed by atoms with van der Waals surface area (Å²) in [5, 5.41) is 8.54. The molecule has 0 unspecified atom stereocenters. The van der Waals surface area contributed by atoms with E-state index in [0.29, 0.717) is 0 Å². The average Bonchev–Trinajstić information content (AvgIpc) is 2.62. The lowest BCUT2D eigenvalue weighted by Crippen LogP contribution is -2.09. The Balaban J connectivity index is 1.74. The molecule has 0 heterocycles. The molecular weight excluding hydrogens is 276 g/mol. The van der Waals surface area contributed by atoms with Gasteiger partial charge in [-0.05, 0) is 50.2 Å². The van der Waals surface area contributed by atoms with Crippen molar-refractivity contribution in [2.45, 2.75) is 38.5 Å². The maximum absolute atomic E-state index is 2.39. The van der Waals surface area contributed by atoms with Gasteiger partial charge in [0.2, 0.25) is 0 Å². The third-order valence-electron chi connectivity index (χ3n) is 5.85. The van der Waals surface area contributed by atoms with Crippen LogP contribution in [0.1, 0.15) is 37.7 Å². The van der Waals surface area contributed by atoms with Gasteiger partial charge in [-0.25, -0.2) is 0 Å². The quantitative estimate of drug-likeness (QED) is 0.361. The summed E-state index contributed by atoms with van der Waals surface area (Å²) in [5.74, 6) is 0.891. The molecule has 0 spiro atoms. The first kappa shape index (κ1) is 13.4. The molecule has 0 amide bonds. The Morgan fingerprint density at radius 2 is 1.30 bits per heavy atom. The first-order chi connectivity index (χ1) is 11.4. The van der Waals surface area contributed by atoms with Crippen molar-refractivity contribution in [2.24, 2.45) is 5.92 Å². The molecule has 1 aliphatic carbocycles. The van der Waals surface area contributed by atoms with Gasteiger partial charge in [0, 0.05) is 0 Å². The van der Waals surface area contributed by atoms with Crippen LogP contribution in [0, 0.1) is 5.92 Å². The zero-order chi connectivity index (χ0) is 15.2. The van der Waals surface area contributed by atoms with Crippen LogP contribution in [0.5, 0.6) is 0 Å². The van der Waals surface area contributed by atoms with Gasteiger partial charge >= 0.3 is 0 Å². The molecular formula is C23H22. The summed E-state index contributed by atoms with van der Waals surface area (Å²) < 4.78 is 0. The lowest BCUT2D eigenvalue weighted by atomic mass is 9.83. The highest BCUT2D eigenvalue weighted by Crippen LogP contribution is 2.37. The molecule has 1 aliphatic rings. The van der Waals surface area contributed by atoms with Gasteiger partial charge in [-0.15, -0.1) is 0 Å². The molecule has 0 aromatic heterocycles. The van der Waals surface area contributed by atoms with E-state index in [9.17, 15) is 0 Å². The fraction of sp³-hybridized carbons (Fsp3) is 0.304. The van der Waals surface area contributed by atoms with Crippen LogP contribution >= 0.6 is 0 Å². The SMILES string of the molecule is c1cc2ccc3ccc(CC4CCCCC4)c4ccc(c1)c2c34. The summed E-state index contributed by atoms with van der Waals surface area (Å²) in [4.78, 5) is 0. The molecule has 0 radical (unpaired) electrons. The highest BCUT2D eigenvalue weighted by atomic mass is 14.2. The monoisotopic (exact) mass is 298 g/mol. The standard InChI is InChI=1S/C23H22/c1-2-5-16(6-3-1)15-20-12-11-19-10-9-17-7-4-8-18-13-14-21(20)23(19)22(17)18/h4,7-14,16H,1-3,5-6,15H2. The molecule has 0 atom stereocenters. The molecule has 114 valence electrons. The van der Waals surface area contributed by atoms with Crippen molar-refractivity contribution in [3.63, 3.8) is 0 Å². The van der Waals surface area contributed by atoms with Crippen molar-refractivity contribution >= 4 is 32.3 Å². The Morgan fingerprint density at radius 1 is 0.652 bits per heavy atom. The van der Waals surface area contributed by atoms with E-state index in [1.54, 1.807) is 5.56 Å². The summed E-state index contributed by atoms with van der Waals surface area (Å²) in [6.45, 7) is 0. The van der Waals surface area contributed by atoms with Gasteiger partial charge < -0.3 is 0 Å². The molecule has 0 aliphatic heterocycles. The van der Waals surface area contributed by atoms with E-state index in [-0.39, 0.29) is 0 Å². The highest BCUT2D eigenvalue weighted by Gasteiger charge is 2.16. The molecule has 0 heteroatoms. The van der Waals surface area contributed by atoms with Gasteiger partial charge in [-0.3, -0.25) is 0 Å². The Morgan fingerprint density at radius 3 is 2.09 bits per heavy atom. The molecule has 1 fully saturated rings. The van der Waals surface area contributed by atoms with Gasteiger partial charge in [-0.1, -0.05) is 86.7 Å². The van der Waals surface area contributed by atoms with E-state index < -0.39 is 0 Å². The van der Waals surface area contributed by atoms with Crippen molar-refractivity contribution in [3.05, 3.63) is 60.2 Å². The van der Waals surface area contributed by atoms with Crippen molar-refractivity contribution in [1.82, 2.24) is 0 Å². The summed E-state index contributed by atoms with van der Waals surface area (Å²) in [5.41, 5.74) is 1.56. The Hall–Kier alpha value is -2.08. The third kappa shape index (κ3) is 2.12. The summed E-state index contributed by atoms with van der Waals surface area (Å²) in [6, 6.07) is 20.6. The van der Waals surface area contributed by atoms with E-state index in [1.165, 1.54) is 70.8 Å². The van der Waals surface area contributed by atoms with Crippen molar-refractivity contribution in [1.29, 1.82) is 0 Å². The second-order valence-corrected chi connectivity index (χ2v) is 7.29. The highest BCUT2D eigenvalue weighted by molar-refractivity contribution is 6.23. The Labute approximate surface area is 137 Å². The van der Waals surface area contributed by atoms with E-state index in [4.69, 9.17) is 0 Å². The van der Waals surface area contributed by atoms with Crippen LogP contribution in [0.15, 0.2) is 54.6 Å². The minimum Gasteiger partial charge on any atom is -0.0610 e. The summed E-state index contributed by atoms with van der Waals surface area (Å²) in [6.07, 6.45) is 8.39. The van der Waals surface area contributed by atoms with E-state index in [0.717, 1.165) is 5.92 Å². The summed E-state index contributed by atoms with van der Waals surface area (Å²) >= 11 is 0. The van der Waals surface area contributed by atoms with E-state index >= 15 is 0 Å². The Bertz CT molecular complexity index is 957. The van der Waals surface area contributed by atoms with Crippen LogP contribution in [0.3, 0.4) is 0 Å². The van der Waals surface area contributed by atoms with Crippen LogP contribution in [-0.4, -0.2) is 0 Å². The first-order valence-electron chi connectivity index (χ1n) is 9.05. The lowest BCUT2D eigenvalue weighted by molar-refractivity contribution is 0.357. The molecule has 23 heavy (non-hydrogen) atoms. The first-order valence-corrected chi connectivity index (χ1v) is 9.05. The molecule has 0 saturated heterocycles. The van der Waals surface area contributed by atoms with Crippen molar-refractivity contribution in [2.75, 3.05) is 0 Å². The zero-order valence-electron chi connectivity index (χ0n) is 13.5. The van der Waals surface area contributed by atoms with Gasteiger partial charge in [0.25, 0.3) is 0 Å². The number of hydrogen-bond donors (Lipinski definition) is 0. The van der Waals surface area contributed by atoms with E-state index in [2.05, 4.69) is 54.6 Å². The predicted octanol–water partition coefficient (Wildman–Crippen LogP) is 6.71. The topological polar surface area (TPSA) is 0 Å². The number of hydrogen-bond acceptors (Lipinski definition) is 0. The zero-order valence-corrected chi connectivity index (χ0v) is 13.5. The van der Waals surface area contributed by atoms with Gasteiger partial charge in [0.05, 0.1) is 0 Å². The summed E-state index contributed by atoms with van der Waals surface area (Å²) in [7, 11) is 0. The van der Waals surface area contributed by atoms with Crippen LogP contribution in [0.2, 0.25) is 0 Å². The predicted molar refractivity (Wildman–Crippen MR) is 100 cm³/mol.